The summed E-state index contributed by atoms with van der Waals surface area (Å²) >= 11 is 9.80. The number of thiocarbonyl (C=S) groups is 1. The number of benzene rings is 2. The van der Waals surface area contributed by atoms with Crippen molar-refractivity contribution in [3.8, 4) is 0 Å². The lowest BCUT2D eigenvalue weighted by Crippen LogP contribution is -2.44. The SMILES string of the molecule is Cn1cc(/C=C2\SC(=S)N(NC(=O)c3ccc(Br)cc3)C2=O)c2ccccc21. The number of halogens is 1. The molecule has 2 amide bonds. The highest BCUT2D eigenvalue weighted by molar-refractivity contribution is 9.10. The number of amides is 2. The number of thioether (sulfide) groups is 1. The van der Waals surface area contributed by atoms with Crippen LogP contribution in [0.3, 0.4) is 0 Å². The maximum atomic E-state index is 12.8. The Morgan fingerprint density at radius 2 is 1.89 bits per heavy atom. The van der Waals surface area contributed by atoms with E-state index in [1.54, 1.807) is 24.3 Å². The Morgan fingerprint density at radius 1 is 1.18 bits per heavy atom. The van der Waals surface area contributed by atoms with Gasteiger partial charge in [0, 0.05) is 39.7 Å². The van der Waals surface area contributed by atoms with E-state index in [4.69, 9.17) is 12.2 Å². The number of hydrogen-bond acceptors (Lipinski definition) is 4. The fourth-order valence-electron chi connectivity index (χ4n) is 2.96. The maximum absolute atomic E-state index is 12.8. The predicted molar refractivity (Wildman–Crippen MR) is 120 cm³/mol. The third-order valence-corrected chi connectivity index (χ3v) is 6.16. The average Bonchev–Trinajstić information content (AvgIpc) is 3.14. The molecular weight excluding hydrogens is 458 g/mol. The minimum Gasteiger partial charge on any atom is -0.350 e. The molecule has 0 unspecified atom stereocenters. The Bertz CT molecular complexity index is 1150. The highest BCUT2D eigenvalue weighted by atomic mass is 79.9. The molecular formula is C20H14BrN3O2S2. The zero-order valence-electron chi connectivity index (χ0n) is 14.7. The highest BCUT2D eigenvalue weighted by Gasteiger charge is 2.34. The molecule has 8 heteroatoms. The molecule has 1 saturated heterocycles. The first-order valence-corrected chi connectivity index (χ1v) is 10.3. The summed E-state index contributed by atoms with van der Waals surface area (Å²) < 4.78 is 3.17. The average molecular weight is 472 g/mol. The predicted octanol–water partition coefficient (Wildman–Crippen LogP) is 4.49. The number of hydrazine groups is 1. The normalized spacial score (nSPS) is 15.6. The molecule has 2 heterocycles. The highest BCUT2D eigenvalue weighted by Crippen LogP contribution is 2.33. The molecule has 5 nitrogen and oxygen atoms in total. The molecule has 1 aromatic heterocycles. The lowest BCUT2D eigenvalue weighted by Gasteiger charge is -2.15. The Kier molecular flexibility index (Phi) is 5.09. The van der Waals surface area contributed by atoms with Gasteiger partial charge in [0.1, 0.15) is 0 Å². The molecule has 0 aliphatic carbocycles. The van der Waals surface area contributed by atoms with Gasteiger partial charge in [0.05, 0.1) is 4.91 Å². The molecule has 1 aliphatic rings. The molecule has 0 bridgehead atoms. The molecule has 0 saturated carbocycles. The monoisotopic (exact) mass is 471 g/mol. The zero-order chi connectivity index (χ0) is 19.8. The van der Waals surface area contributed by atoms with Gasteiger partial charge in [-0.15, -0.1) is 0 Å². The number of hydrogen-bond donors (Lipinski definition) is 1. The van der Waals surface area contributed by atoms with Crippen LogP contribution >= 0.6 is 39.9 Å². The third-order valence-electron chi connectivity index (χ3n) is 4.33. The van der Waals surface area contributed by atoms with Gasteiger partial charge in [0.25, 0.3) is 11.8 Å². The molecule has 1 aliphatic heterocycles. The van der Waals surface area contributed by atoms with Gasteiger partial charge < -0.3 is 4.57 Å². The van der Waals surface area contributed by atoms with Crippen molar-refractivity contribution < 1.29 is 9.59 Å². The van der Waals surface area contributed by atoms with Crippen LogP contribution in [0.15, 0.2) is 64.1 Å². The van der Waals surface area contributed by atoms with Crippen molar-refractivity contribution in [3.05, 3.63) is 75.2 Å². The fourth-order valence-corrected chi connectivity index (χ4v) is 4.40. The van der Waals surface area contributed by atoms with Gasteiger partial charge in [-0.3, -0.25) is 15.0 Å². The van der Waals surface area contributed by atoms with Crippen LogP contribution in [0.5, 0.6) is 0 Å². The van der Waals surface area contributed by atoms with Gasteiger partial charge in [0.2, 0.25) is 0 Å². The quantitative estimate of drug-likeness (QED) is 0.451. The Labute approximate surface area is 179 Å². The molecule has 2 aromatic carbocycles. The van der Waals surface area contributed by atoms with Crippen LogP contribution in [0, 0.1) is 0 Å². The smallest absolute Gasteiger partial charge is 0.285 e. The standard InChI is InChI=1S/C20H14BrN3O2S2/c1-23-11-13(15-4-2-3-5-16(15)23)10-17-19(26)24(20(27)28-17)22-18(25)12-6-8-14(21)9-7-12/h2-11H,1H3,(H,22,25)/b17-10-. The van der Waals surface area contributed by atoms with E-state index in [-0.39, 0.29) is 5.91 Å². The summed E-state index contributed by atoms with van der Waals surface area (Å²) in [6.45, 7) is 0. The van der Waals surface area contributed by atoms with Crippen molar-refractivity contribution >= 4 is 73.0 Å². The fraction of sp³-hybridized carbons (Fsp3) is 0.0500. The minimum absolute atomic E-state index is 0.293. The number of carbonyl (C=O) groups excluding carboxylic acids is 2. The van der Waals surface area contributed by atoms with Crippen LogP contribution in [0.1, 0.15) is 15.9 Å². The summed E-state index contributed by atoms with van der Waals surface area (Å²) in [6, 6.07) is 14.8. The topological polar surface area (TPSA) is 54.3 Å². The number of aromatic nitrogens is 1. The summed E-state index contributed by atoms with van der Waals surface area (Å²) in [7, 11) is 1.96. The number of aryl methyl sites for hydroxylation is 1. The second kappa shape index (κ2) is 7.54. The van der Waals surface area contributed by atoms with E-state index in [0.717, 1.165) is 25.9 Å². The van der Waals surface area contributed by atoms with Gasteiger partial charge in [0.15, 0.2) is 4.32 Å². The molecule has 28 heavy (non-hydrogen) atoms. The summed E-state index contributed by atoms with van der Waals surface area (Å²) in [4.78, 5) is 25.7. The molecule has 140 valence electrons. The first-order valence-electron chi connectivity index (χ1n) is 8.32. The van der Waals surface area contributed by atoms with Crippen LogP contribution in [-0.4, -0.2) is 25.7 Å². The Morgan fingerprint density at radius 3 is 2.64 bits per heavy atom. The van der Waals surface area contributed by atoms with E-state index in [1.165, 1.54) is 11.8 Å². The van der Waals surface area contributed by atoms with E-state index >= 15 is 0 Å². The molecule has 3 aromatic rings. The van der Waals surface area contributed by atoms with Crippen molar-refractivity contribution in [2.24, 2.45) is 7.05 Å². The Balaban J connectivity index is 1.59. The first kappa shape index (κ1) is 18.9. The second-order valence-electron chi connectivity index (χ2n) is 6.18. The summed E-state index contributed by atoms with van der Waals surface area (Å²) in [5.41, 5.74) is 5.04. The minimum atomic E-state index is -0.393. The molecule has 4 rings (SSSR count). The van der Waals surface area contributed by atoms with Crippen molar-refractivity contribution in [2.45, 2.75) is 0 Å². The summed E-state index contributed by atoms with van der Waals surface area (Å²) in [5.74, 6) is -0.733. The number of rotatable bonds is 3. The van der Waals surface area contributed by atoms with Crippen LogP contribution in [0.2, 0.25) is 0 Å². The van der Waals surface area contributed by atoms with Crippen LogP contribution in [0.25, 0.3) is 17.0 Å². The van der Waals surface area contributed by atoms with Crippen molar-refractivity contribution in [2.75, 3.05) is 0 Å². The van der Waals surface area contributed by atoms with E-state index in [0.29, 0.717) is 14.8 Å². The van der Waals surface area contributed by atoms with E-state index in [2.05, 4.69) is 21.4 Å². The molecule has 0 atom stereocenters. The van der Waals surface area contributed by atoms with Crippen molar-refractivity contribution in [1.29, 1.82) is 0 Å². The van der Waals surface area contributed by atoms with Crippen molar-refractivity contribution in [1.82, 2.24) is 15.0 Å². The van der Waals surface area contributed by atoms with Gasteiger partial charge in [-0.1, -0.05) is 45.9 Å². The summed E-state index contributed by atoms with van der Waals surface area (Å²) in [6.07, 6.45) is 3.78. The molecule has 0 radical (unpaired) electrons. The lowest BCUT2D eigenvalue weighted by molar-refractivity contribution is -0.123. The van der Waals surface area contributed by atoms with Gasteiger partial charge in [-0.25, -0.2) is 0 Å². The van der Waals surface area contributed by atoms with Crippen molar-refractivity contribution in [3.63, 3.8) is 0 Å². The zero-order valence-corrected chi connectivity index (χ0v) is 17.9. The largest absolute Gasteiger partial charge is 0.350 e. The Hall–Kier alpha value is -2.42. The molecule has 0 spiro atoms. The first-order chi connectivity index (χ1) is 13.4. The number of nitrogens with zero attached hydrogens (tertiary/aromatic N) is 2. The number of fused-ring (bicyclic) bond motifs is 1. The second-order valence-corrected chi connectivity index (χ2v) is 8.77. The van der Waals surface area contributed by atoms with Crippen LogP contribution in [0.4, 0.5) is 0 Å². The van der Waals surface area contributed by atoms with Gasteiger partial charge >= 0.3 is 0 Å². The third kappa shape index (κ3) is 3.50. The maximum Gasteiger partial charge on any atom is 0.285 e. The van der Waals surface area contributed by atoms with Crippen LogP contribution in [-0.2, 0) is 11.8 Å². The number of para-hydroxylation sites is 1. The summed E-state index contributed by atoms with van der Waals surface area (Å²) in [5, 5.41) is 2.18. The van der Waals surface area contributed by atoms with Gasteiger partial charge in [-0.05, 0) is 48.6 Å². The van der Waals surface area contributed by atoms with E-state index < -0.39 is 5.91 Å². The van der Waals surface area contributed by atoms with Crippen LogP contribution < -0.4 is 5.43 Å². The number of nitrogens with one attached hydrogen (secondary N) is 1. The van der Waals surface area contributed by atoms with Gasteiger partial charge in [-0.2, -0.15) is 5.01 Å². The lowest BCUT2D eigenvalue weighted by atomic mass is 10.1. The molecule has 1 fully saturated rings. The van der Waals surface area contributed by atoms with E-state index in [1.807, 2.05) is 48.2 Å². The van der Waals surface area contributed by atoms with E-state index in [9.17, 15) is 9.59 Å². The molecule has 1 N–H and O–H groups in total. The number of carbonyl (C=O) groups is 2.